The first-order valence-corrected chi connectivity index (χ1v) is 13.4. The van der Waals surface area contributed by atoms with Crippen molar-refractivity contribution in [1.29, 1.82) is 0 Å². The van der Waals surface area contributed by atoms with Crippen LogP contribution in [0.25, 0.3) is 0 Å². The molecule has 1 aliphatic carbocycles. The highest BCUT2D eigenvalue weighted by atomic mass is 32.2. The molecule has 1 fully saturated rings. The number of benzene rings is 1. The van der Waals surface area contributed by atoms with Gasteiger partial charge in [-0.3, -0.25) is 0 Å². The summed E-state index contributed by atoms with van der Waals surface area (Å²) in [6, 6.07) is 4.24. The Hall–Kier alpha value is -1.63. The topological polar surface area (TPSA) is 90.3 Å². The van der Waals surface area contributed by atoms with E-state index in [0.717, 1.165) is 6.54 Å². The lowest BCUT2D eigenvalue weighted by molar-refractivity contribution is 0.0712. The number of sulfonamides is 1. The second-order valence-electron chi connectivity index (χ2n) is 9.72. The van der Waals surface area contributed by atoms with E-state index in [1.165, 1.54) is 36.1 Å². The fourth-order valence-electron chi connectivity index (χ4n) is 4.72. The van der Waals surface area contributed by atoms with E-state index in [-0.39, 0.29) is 35.8 Å². The van der Waals surface area contributed by atoms with Gasteiger partial charge in [-0.2, -0.15) is 4.31 Å². The summed E-state index contributed by atoms with van der Waals surface area (Å²) in [7, 11) is -1.77. The second kappa shape index (κ2) is 11.2. The monoisotopic (exact) mass is 478 g/mol. The van der Waals surface area contributed by atoms with Gasteiger partial charge in [0.25, 0.3) is 0 Å². The number of rotatable bonds is 6. The Bertz CT molecular complexity index is 963. The van der Waals surface area contributed by atoms with E-state index in [1.54, 1.807) is 26.0 Å². The van der Waals surface area contributed by atoms with E-state index in [4.69, 9.17) is 4.74 Å². The number of hydrogen-bond acceptors (Lipinski definition) is 6. The Morgan fingerprint density at radius 1 is 1.24 bits per heavy atom. The number of aliphatic hydroxyl groups is 2. The van der Waals surface area contributed by atoms with Crippen LogP contribution < -0.4 is 4.74 Å². The standard InChI is InChI=1S/C25H38N2O5S/c1-18-14-27(19(2)17-28)33(30,31)25-12-11-21(10-9-20(3)29)13-23(25)32-24(18)16-26(4)15-22-7-5-6-8-22/h11-13,18-20,22,24,28-29H,5-8,14-17H2,1-4H3/t18-,19-,20-,24+/m1/s1. The van der Waals surface area contributed by atoms with Crippen LogP contribution in [0.4, 0.5) is 0 Å². The molecule has 0 amide bonds. The molecule has 0 saturated heterocycles. The quantitative estimate of drug-likeness (QED) is 0.610. The van der Waals surface area contributed by atoms with Crippen LogP contribution in [-0.4, -0.2) is 79.4 Å². The first-order chi connectivity index (χ1) is 15.6. The number of aliphatic hydroxyl groups excluding tert-OH is 2. The molecule has 2 aliphatic rings. The first kappa shape index (κ1) is 26.0. The molecule has 7 nitrogen and oxygen atoms in total. The molecule has 33 heavy (non-hydrogen) atoms. The summed E-state index contributed by atoms with van der Waals surface area (Å²) < 4.78 is 34.8. The average molecular weight is 479 g/mol. The van der Waals surface area contributed by atoms with Gasteiger partial charge in [0.2, 0.25) is 10.0 Å². The van der Waals surface area contributed by atoms with Crippen molar-refractivity contribution in [3.05, 3.63) is 23.8 Å². The Morgan fingerprint density at radius 3 is 2.58 bits per heavy atom. The summed E-state index contributed by atoms with van der Waals surface area (Å²) in [4.78, 5) is 2.38. The van der Waals surface area contributed by atoms with Crippen LogP contribution in [0.3, 0.4) is 0 Å². The number of fused-ring (bicyclic) bond motifs is 1. The molecule has 1 aromatic carbocycles. The van der Waals surface area contributed by atoms with Gasteiger partial charge in [-0.05, 0) is 57.9 Å². The van der Waals surface area contributed by atoms with E-state index >= 15 is 0 Å². The van der Waals surface area contributed by atoms with Crippen molar-refractivity contribution < 1.29 is 23.4 Å². The summed E-state index contributed by atoms with van der Waals surface area (Å²) in [6.45, 7) is 7.00. The second-order valence-corrected chi connectivity index (χ2v) is 11.6. The third kappa shape index (κ3) is 6.49. The maximum absolute atomic E-state index is 13.5. The summed E-state index contributed by atoms with van der Waals surface area (Å²) >= 11 is 0. The minimum atomic E-state index is -3.87. The van der Waals surface area contributed by atoms with Crippen molar-refractivity contribution in [3.63, 3.8) is 0 Å². The maximum atomic E-state index is 13.5. The van der Waals surface area contributed by atoms with E-state index in [2.05, 4.69) is 23.8 Å². The summed E-state index contributed by atoms with van der Waals surface area (Å²) in [5.41, 5.74) is 0.581. The number of nitrogens with zero attached hydrogens (tertiary/aromatic N) is 2. The van der Waals surface area contributed by atoms with Crippen molar-refractivity contribution in [2.45, 2.75) is 69.6 Å². The van der Waals surface area contributed by atoms with Crippen LogP contribution in [0.15, 0.2) is 23.1 Å². The molecular weight excluding hydrogens is 440 g/mol. The van der Waals surface area contributed by atoms with Gasteiger partial charge >= 0.3 is 0 Å². The maximum Gasteiger partial charge on any atom is 0.247 e. The molecule has 3 rings (SSSR count). The van der Waals surface area contributed by atoms with Crippen molar-refractivity contribution >= 4 is 10.0 Å². The zero-order chi connectivity index (χ0) is 24.2. The van der Waals surface area contributed by atoms with Crippen LogP contribution in [0.2, 0.25) is 0 Å². The van der Waals surface area contributed by atoms with Crippen molar-refractivity contribution in [2.24, 2.45) is 11.8 Å². The smallest absolute Gasteiger partial charge is 0.247 e. The third-order valence-electron chi connectivity index (χ3n) is 6.63. The van der Waals surface area contributed by atoms with E-state index < -0.39 is 22.2 Å². The van der Waals surface area contributed by atoms with Gasteiger partial charge in [0.1, 0.15) is 22.9 Å². The molecule has 0 aromatic heterocycles. The summed E-state index contributed by atoms with van der Waals surface area (Å²) in [5.74, 6) is 6.47. The molecule has 2 N–H and O–H groups in total. The fourth-order valence-corrected chi connectivity index (χ4v) is 6.55. The van der Waals surface area contributed by atoms with Gasteiger partial charge in [0.05, 0.1) is 6.61 Å². The lowest BCUT2D eigenvalue weighted by Gasteiger charge is -2.38. The minimum absolute atomic E-state index is 0.0832. The molecule has 184 valence electrons. The Morgan fingerprint density at radius 2 is 1.94 bits per heavy atom. The average Bonchev–Trinajstić information content (AvgIpc) is 3.27. The molecule has 1 aliphatic heterocycles. The van der Waals surface area contributed by atoms with Gasteiger partial charge in [-0.25, -0.2) is 8.42 Å². The van der Waals surface area contributed by atoms with Crippen molar-refractivity contribution in [2.75, 3.05) is 33.3 Å². The molecule has 1 saturated carbocycles. The highest BCUT2D eigenvalue weighted by Crippen LogP contribution is 2.34. The van der Waals surface area contributed by atoms with Crippen LogP contribution in [-0.2, 0) is 10.0 Å². The van der Waals surface area contributed by atoms with Gasteiger partial charge in [-0.15, -0.1) is 0 Å². The summed E-state index contributed by atoms with van der Waals surface area (Å²) in [6.07, 6.45) is 4.11. The first-order valence-electron chi connectivity index (χ1n) is 11.9. The largest absolute Gasteiger partial charge is 0.487 e. The highest BCUT2D eigenvalue weighted by molar-refractivity contribution is 7.89. The van der Waals surface area contributed by atoms with Crippen LogP contribution >= 0.6 is 0 Å². The normalized spacial score (nSPS) is 25.3. The van der Waals surface area contributed by atoms with E-state index in [9.17, 15) is 18.6 Å². The van der Waals surface area contributed by atoms with Gasteiger partial charge in [0.15, 0.2) is 0 Å². The molecule has 1 heterocycles. The number of ether oxygens (including phenoxy) is 1. The lowest BCUT2D eigenvalue weighted by Crippen LogP contribution is -2.49. The summed E-state index contributed by atoms with van der Waals surface area (Å²) in [5, 5.41) is 19.3. The van der Waals surface area contributed by atoms with E-state index in [0.29, 0.717) is 18.0 Å². The Kier molecular flexibility index (Phi) is 8.82. The van der Waals surface area contributed by atoms with Gasteiger partial charge in [0, 0.05) is 37.2 Å². The molecule has 4 atom stereocenters. The Balaban J connectivity index is 1.96. The minimum Gasteiger partial charge on any atom is -0.487 e. The van der Waals surface area contributed by atoms with Crippen LogP contribution in [0, 0.1) is 23.7 Å². The van der Waals surface area contributed by atoms with Crippen molar-refractivity contribution in [3.8, 4) is 17.6 Å². The third-order valence-corrected chi connectivity index (χ3v) is 8.65. The number of likely N-dealkylation sites (N-methyl/N-ethyl adjacent to an activating group) is 1. The predicted molar refractivity (Wildman–Crippen MR) is 128 cm³/mol. The molecule has 1 aromatic rings. The van der Waals surface area contributed by atoms with Gasteiger partial charge in [-0.1, -0.05) is 31.6 Å². The lowest BCUT2D eigenvalue weighted by atomic mass is 10.0. The molecule has 0 unspecified atom stereocenters. The molecule has 0 radical (unpaired) electrons. The van der Waals surface area contributed by atoms with Gasteiger partial charge < -0.3 is 19.8 Å². The molecule has 0 bridgehead atoms. The van der Waals surface area contributed by atoms with Crippen LogP contribution in [0.5, 0.6) is 5.75 Å². The number of hydrogen-bond donors (Lipinski definition) is 2. The zero-order valence-corrected chi connectivity index (χ0v) is 21.0. The highest BCUT2D eigenvalue weighted by Gasteiger charge is 2.38. The molecule has 8 heteroatoms. The predicted octanol–water partition coefficient (Wildman–Crippen LogP) is 2.31. The Labute approximate surface area is 198 Å². The molecular formula is C25H38N2O5S. The van der Waals surface area contributed by atoms with Crippen LogP contribution in [0.1, 0.15) is 52.0 Å². The SMILES string of the molecule is C[C@@H]1CN([C@H](C)CO)S(=O)(=O)c2ccc(C#C[C@@H](C)O)cc2O[C@H]1CN(C)CC1CCCC1. The molecule has 0 spiro atoms. The zero-order valence-electron chi connectivity index (χ0n) is 20.2. The fraction of sp³-hybridized carbons (Fsp3) is 0.680. The van der Waals surface area contributed by atoms with Crippen molar-refractivity contribution in [1.82, 2.24) is 9.21 Å². The van der Waals surface area contributed by atoms with E-state index in [1.807, 2.05) is 6.92 Å².